The molecule has 1 heterocycles. The molecule has 1 aromatic carbocycles. The van der Waals surface area contributed by atoms with Crippen molar-refractivity contribution in [2.75, 3.05) is 12.0 Å². The van der Waals surface area contributed by atoms with E-state index in [0.29, 0.717) is 5.39 Å². The number of fused-ring (bicyclic) bond motifs is 1. The van der Waals surface area contributed by atoms with Crippen molar-refractivity contribution in [1.82, 2.24) is 0 Å². The molecule has 1 nitrogen and oxygen atoms in total. The molecule has 0 bridgehead atoms. The fourth-order valence-corrected chi connectivity index (χ4v) is 2.98. The van der Waals surface area contributed by atoms with Gasteiger partial charge in [0, 0.05) is 10.3 Å². The van der Waals surface area contributed by atoms with Crippen LogP contribution in [-0.4, -0.2) is 6.26 Å². The van der Waals surface area contributed by atoms with Crippen LogP contribution in [0.1, 0.15) is 0 Å². The largest absolute Gasteiger partial charge is 0.388 e. The van der Waals surface area contributed by atoms with E-state index in [1.165, 1.54) is 11.3 Å². The maximum atomic E-state index is 13.4. The summed E-state index contributed by atoms with van der Waals surface area (Å²) in [6, 6.07) is 5.59. The highest BCUT2D eigenvalue weighted by Crippen LogP contribution is 2.37. The standard InChI is InChI=1S/C9H8FNS2/c1-12-6-4-2-3-5-7(10)9(11)13-8(5)6/h2-4H,11H2,1H3. The van der Waals surface area contributed by atoms with Crippen LogP contribution in [0.4, 0.5) is 9.39 Å². The summed E-state index contributed by atoms with van der Waals surface area (Å²) in [4.78, 5) is 1.08. The topological polar surface area (TPSA) is 26.0 Å². The van der Waals surface area contributed by atoms with Crippen molar-refractivity contribution in [3.8, 4) is 0 Å². The molecule has 2 aromatic rings. The summed E-state index contributed by atoms with van der Waals surface area (Å²) in [6.07, 6.45) is 1.97. The Bertz CT molecular complexity index is 450. The van der Waals surface area contributed by atoms with Crippen molar-refractivity contribution in [2.45, 2.75) is 4.90 Å². The summed E-state index contributed by atoms with van der Waals surface area (Å²) in [5.74, 6) is -0.282. The van der Waals surface area contributed by atoms with Crippen LogP contribution in [0.15, 0.2) is 23.1 Å². The summed E-state index contributed by atoms with van der Waals surface area (Å²) < 4.78 is 14.3. The van der Waals surface area contributed by atoms with E-state index in [-0.39, 0.29) is 10.8 Å². The molecule has 0 atom stereocenters. The summed E-state index contributed by atoms with van der Waals surface area (Å²) in [7, 11) is 0. The van der Waals surface area contributed by atoms with Crippen molar-refractivity contribution in [3.63, 3.8) is 0 Å². The van der Waals surface area contributed by atoms with Crippen molar-refractivity contribution in [3.05, 3.63) is 24.0 Å². The molecular weight excluding hydrogens is 205 g/mol. The van der Waals surface area contributed by atoms with E-state index in [0.717, 1.165) is 9.60 Å². The lowest BCUT2D eigenvalue weighted by atomic mass is 10.2. The highest BCUT2D eigenvalue weighted by atomic mass is 32.2. The van der Waals surface area contributed by atoms with Gasteiger partial charge in [-0.1, -0.05) is 12.1 Å². The number of anilines is 1. The van der Waals surface area contributed by atoms with E-state index < -0.39 is 0 Å². The van der Waals surface area contributed by atoms with E-state index in [1.807, 2.05) is 18.4 Å². The third kappa shape index (κ3) is 1.30. The predicted molar refractivity (Wildman–Crippen MR) is 58.0 cm³/mol. The van der Waals surface area contributed by atoms with E-state index >= 15 is 0 Å². The van der Waals surface area contributed by atoms with Gasteiger partial charge in [-0.05, 0) is 12.3 Å². The summed E-state index contributed by atoms with van der Waals surface area (Å²) in [5.41, 5.74) is 5.51. The zero-order chi connectivity index (χ0) is 9.42. The Labute approximate surface area is 83.7 Å². The fraction of sp³-hybridized carbons (Fsp3) is 0.111. The number of thioether (sulfide) groups is 1. The number of rotatable bonds is 1. The second kappa shape index (κ2) is 3.20. The van der Waals surface area contributed by atoms with E-state index in [9.17, 15) is 4.39 Å². The van der Waals surface area contributed by atoms with Gasteiger partial charge in [0.2, 0.25) is 0 Å². The molecule has 0 aliphatic heterocycles. The molecule has 0 fully saturated rings. The van der Waals surface area contributed by atoms with Crippen LogP contribution in [-0.2, 0) is 0 Å². The third-order valence-corrected chi connectivity index (χ3v) is 3.82. The van der Waals surface area contributed by atoms with Gasteiger partial charge in [-0.2, -0.15) is 0 Å². The second-order valence-corrected chi connectivity index (χ2v) is 4.52. The maximum Gasteiger partial charge on any atom is 0.165 e. The lowest BCUT2D eigenvalue weighted by Gasteiger charge is -1.96. The van der Waals surface area contributed by atoms with Gasteiger partial charge >= 0.3 is 0 Å². The van der Waals surface area contributed by atoms with Crippen LogP contribution in [0, 0.1) is 5.82 Å². The average Bonchev–Trinajstić information content (AvgIpc) is 2.43. The fourth-order valence-electron chi connectivity index (χ4n) is 1.24. The van der Waals surface area contributed by atoms with Gasteiger partial charge in [-0.15, -0.1) is 23.1 Å². The molecule has 0 amide bonds. The Hall–Kier alpha value is -0.740. The molecule has 13 heavy (non-hydrogen) atoms. The van der Waals surface area contributed by atoms with Gasteiger partial charge in [0.25, 0.3) is 0 Å². The Kier molecular flexibility index (Phi) is 2.17. The molecule has 0 saturated carbocycles. The van der Waals surface area contributed by atoms with Crippen LogP contribution in [0.2, 0.25) is 0 Å². The van der Waals surface area contributed by atoms with Gasteiger partial charge in [0.15, 0.2) is 5.82 Å². The quantitative estimate of drug-likeness (QED) is 0.735. The van der Waals surface area contributed by atoms with Gasteiger partial charge in [0.05, 0.1) is 4.70 Å². The molecule has 0 spiro atoms. The van der Waals surface area contributed by atoms with Crippen LogP contribution < -0.4 is 5.73 Å². The molecule has 4 heteroatoms. The molecule has 0 aliphatic rings. The highest BCUT2D eigenvalue weighted by molar-refractivity contribution is 7.99. The number of thiophene rings is 1. The first-order chi connectivity index (χ1) is 6.24. The van der Waals surface area contributed by atoms with Crippen molar-refractivity contribution >= 4 is 38.2 Å². The third-order valence-electron chi connectivity index (χ3n) is 1.86. The van der Waals surface area contributed by atoms with Crippen LogP contribution in [0.25, 0.3) is 10.1 Å². The zero-order valence-corrected chi connectivity index (χ0v) is 8.64. The van der Waals surface area contributed by atoms with E-state index in [4.69, 9.17) is 5.73 Å². The molecule has 2 N–H and O–H groups in total. The molecule has 1 aromatic heterocycles. The molecule has 2 rings (SSSR count). The Morgan fingerprint density at radius 1 is 1.46 bits per heavy atom. The first kappa shape index (κ1) is 8.84. The highest BCUT2D eigenvalue weighted by Gasteiger charge is 2.11. The van der Waals surface area contributed by atoms with Crippen molar-refractivity contribution in [1.29, 1.82) is 0 Å². The number of benzene rings is 1. The van der Waals surface area contributed by atoms with Crippen molar-refractivity contribution in [2.24, 2.45) is 0 Å². The minimum Gasteiger partial charge on any atom is -0.388 e. The molecule has 68 valence electrons. The minimum atomic E-state index is -0.282. The number of nitrogens with two attached hydrogens (primary N) is 1. The van der Waals surface area contributed by atoms with Gasteiger partial charge in [-0.25, -0.2) is 4.39 Å². The van der Waals surface area contributed by atoms with E-state index in [2.05, 4.69) is 0 Å². The monoisotopic (exact) mass is 213 g/mol. The van der Waals surface area contributed by atoms with Crippen LogP contribution in [0.3, 0.4) is 0 Å². The number of hydrogen-bond donors (Lipinski definition) is 1. The first-order valence-electron chi connectivity index (χ1n) is 3.74. The normalized spacial score (nSPS) is 10.9. The lowest BCUT2D eigenvalue weighted by molar-refractivity contribution is 0.648. The Morgan fingerprint density at radius 3 is 2.92 bits per heavy atom. The summed E-state index contributed by atoms with van der Waals surface area (Å²) in [5, 5.41) is 0.908. The van der Waals surface area contributed by atoms with Crippen LogP contribution >= 0.6 is 23.1 Å². The van der Waals surface area contributed by atoms with Crippen molar-refractivity contribution < 1.29 is 4.39 Å². The summed E-state index contributed by atoms with van der Waals surface area (Å²) in [6.45, 7) is 0. The predicted octanol–water partition coefficient (Wildman–Crippen LogP) is 3.34. The zero-order valence-electron chi connectivity index (χ0n) is 7.00. The van der Waals surface area contributed by atoms with Crippen LogP contribution in [0.5, 0.6) is 0 Å². The smallest absolute Gasteiger partial charge is 0.165 e. The molecular formula is C9H8FNS2. The maximum absolute atomic E-state index is 13.4. The molecule has 0 unspecified atom stereocenters. The Balaban J connectivity index is 2.84. The van der Waals surface area contributed by atoms with E-state index in [1.54, 1.807) is 17.8 Å². The molecule has 0 aliphatic carbocycles. The minimum absolute atomic E-state index is 0.275. The lowest BCUT2D eigenvalue weighted by Crippen LogP contribution is -1.81. The number of hydrogen-bond acceptors (Lipinski definition) is 3. The first-order valence-corrected chi connectivity index (χ1v) is 5.78. The molecule has 0 radical (unpaired) electrons. The van der Waals surface area contributed by atoms with Gasteiger partial charge < -0.3 is 5.73 Å². The SMILES string of the molecule is CSc1cccc2c(F)c(N)sc12. The number of halogens is 1. The summed E-state index contributed by atoms with van der Waals surface area (Å²) >= 11 is 2.92. The molecule has 0 saturated heterocycles. The Morgan fingerprint density at radius 2 is 2.23 bits per heavy atom. The van der Waals surface area contributed by atoms with Gasteiger partial charge in [-0.3, -0.25) is 0 Å². The van der Waals surface area contributed by atoms with Gasteiger partial charge in [0.1, 0.15) is 5.00 Å². The average molecular weight is 213 g/mol. The second-order valence-electron chi connectivity index (χ2n) is 2.62. The number of nitrogen functional groups attached to an aromatic ring is 1.